The Kier molecular flexibility index (Phi) is 6.91. The second kappa shape index (κ2) is 9.14. The Morgan fingerprint density at radius 1 is 1.20 bits per heavy atom. The summed E-state index contributed by atoms with van der Waals surface area (Å²) in [7, 11) is 0. The Balaban J connectivity index is 2.10. The topological polar surface area (TPSA) is 84.5 Å². The molecule has 0 radical (unpaired) electrons. The number of thiophene rings is 2. The maximum atomic E-state index is 12.5. The van der Waals surface area contributed by atoms with Crippen LogP contribution in [-0.2, 0) is 14.3 Å². The summed E-state index contributed by atoms with van der Waals surface area (Å²) in [6, 6.07) is 6.79. The quantitative estimate of drug-likeness (QED) is 0.597. The zero-order chi connectivity index (χ0) is 18.2. The first kappa shape index (κ1) is 18.9. The van der Waals surface area contributed by atoms with Crippen molar-refractivity contribution < 1.29 is 19.1 Å². The molecular weight excluding hydrogens is 360 g/mol. The number of amides is 3. The Bertz CT molecular complexity index is 752. The maximum Gasteiger partial charge on any atom is 0.340 e. The number of urea groups is 1. The highest BCUT2D eigenvalue weighted by atomic mass is 32.1. The Labute approximate surface area is 153 Å². The number of esters is 1. The van der Waals surface area contributed by atoms with Gasteiger partial charge in [-0.2, -0.15) is 0 Å². The summed E-state index contributed by atoms with van der Waals surface area (Å²) in [5.74, 6) is -1.30. The number of hydrogen-bond acceptors (Lipinski definition) is 6. The monoisotopic (exact) mass is 378 g/mol. The molecule has 0 fully saturated rings. The van der Waals surface area contributed by atoms with Gasteiger partial charge >= 0.3 is 12.0 Å². The van der Waals surface area contributed by atoms with Crippen LogP contribution < -0.4 is 10.6 Å². The van der Waals surface area contributed by atoms with Crippen molar-refractivity contribution in [3.8, 4) is 0 Å². The summed E-state index contributed by atoms with van der Waals surface area (Å²) in [4.78, 5) is 37.5. The van der Waals surface area contributed by atoms with Gasteiger partial charge in [-0.3, -0.25) is 10.1 Å². The molecule has 0 bridgehead atoms. The summed E-state index contributed by atoms with van der Waals surface area (Å²) in [6.45, 7) is 3.54. The van der Waals surface area contributed by atoms with Gasteiger partial charge in [-0.15, -0.1) is 22.7 Å². The Morgan fingerprint density at radius 2 is 1.92 bits per heavy atom. The molecule has 1 atom stereocenters. The predicted octanol–water partition coefficient (Wildman–Crippen LogP) is 3.13. The second-order valence-electron chi connectivity index (χ2n) is 4.95. The lowest BCUT2D eigenvalue weighted by Gasteiger charge is -2.14. The Morgan fingerprint density at radius 3 is 2.52 bits per heavy atom. The van der Waals surface area contributed by atoms with Crippen LogP contribution in [0, 0.1) is 0 Å². The molecule has 132 valence electrons. The number of ether oxygens (including phenoxy) is 1. The molecular formula is C17H18N2O4S2. The summed E-state index contributed by atoms with van der Waals surface area (Å²) < 4.78 is 5.24. The van der Waals surface area contributed by atoms with Crippen molar-refractivity contribution in [3.05, 3.63) is 44.8 Å². The smallest absolute Gasteiger partial charge is 0.340 e. The molecule has 6 nitrogen and oxygen atoms in total. The van der Waals surface area contributed by atoms with Crippen molar-refractivity contribution in [3.63, 3.8) is 0 Å². The minimum atomic E-state index is -1.10. The summed E-state index contributed by atoms with van der Waals surface area (Å²) in [5.41, 5.74) is 0.370. The van der Waals surface area contributed by atoms with Crippen molar-refractivity contribution in [2.75, 3.05) is 6.54 Å². The highest BCUT2D eigenvalue weighted by Crippen LogP contribution is 2.26. The van der Waals surface area contributed by atoms with E-state index < -0.39 is 24.0 Å². The fraction of sp³-hybridized carbons (Fsp3) is 0.235. The van der Waals surface area contributed by atoms with Gasteiger partial charge in [0.05, 0.1) is 5.57 Å². The first-order valence-electron chi connectivity index (χ1n) is 7.60. The molecule has 0 aliphatic rings. The van der Waals surface area contributed by atoms with Gasteiger partial charge in [0.25, 0.3) is 5.91 Å². The van der Waals surface area contributed by atoms with Crippen LogP contribution in [0.3, 0.4) is 0 Å². The van der Waals surface area contributed by atoms with Gasteiger partial charge in [0.15, 0.2) is 6.10 Å². The SMILES string of the molecule is CCNC(=O)NC(=O)C(C)OC(=O)C(=Cc1cccs1)c1cccs1. The third-order valence-corrected chi connectivity index (χ3v) is 4.79. The molecule has 2 N–H and O–H groups in total. The summed E-state index contributed by atoms with van der Waals surface area (Å²) in [5, 5.41) is 8.33. The summed E-state index contributed by atoms with van der Waals surface area (Å²) in [6.07, 6.45) is 0.634. The molecule has 2 heterocycles. The third-order valence-electron chi connectivity index (χ3n) is 3.06. The molecule has 2 aromatic rings. The third kappa shape index (κ3) is 5.54. The minimum Gasteiger partial charge on any atom is -0.449 e. The number of carbonyl (C=O) groups excluding carboxylic acids is 3. The van der Waals surface area contributed by atoms with E-state index in [0.717, 1.165) is 9.75 Å². The standard InChI is InChI=1S/C17H18N2O4S2/c1-3-18-17(22)19-15(20)11(2)23-16(21)13(14-7-5-9-25-14)10-12-6-4-8-24-12/h4-11H,3H2,1-2H3,(H2,18,19,20,22). The van der Waals surface area contributed by atoms with Crippen LogP contribution in [-0.4, -0.2) is 30.6 Å². The normalized spacial score (nSPS) is 12.3. The molecule has 0 spiro atoms. The first-order valence-corrected chi connectivity index (χ1v) is 9.36. The highest BCUT2D eigenvalue weighted by Gasteiger charge is 2.23. The van der Waals surface area contributed by atoms with Crippen LogP contribution in [0.25, 0.3) is 11.6 Å². The molecule has 0 saturated heterocycles. The van der Waals surface area contributed by atoms with Gasteiger partial charge in [0, 0.05) is 16.3 Å². The zero-order valence-corrected chi connectivity index (χ0v) is 15.4. The van der Waals surface area contributed by atoms with Crippen molar-refractivity contribution >= 4 is 52.2 Å². The average molecular weight is 378 g/mol. The molecule has 2 aromatic heterocycles. The lowest BCUT2D eigenvalue weighted by molar-refractivity contribution is -0.148. The fourth-order valence-corrected chi connectivity index (χ4v) is 3.26. The van der Waals surface area contributed by atoms with Crippen molar-refractivity contribution in [2.45, 2.75) is 20.0 Å². The molecule has 8 heteroatoms. The van der Waals surface area contributed by atoms with E-state index in [0.29, 0.717) is 12.1 Å². The fourth-order valence-electron chi connectivity index (χ4n) is 1.87. The van der Waals surface area contributed by atoms with Gasteiger partial charge in [-0.1, -0.05) is 12.1 Å². The van der Waals surface area contributed by atoms with Gasteiger partial charge in [-0.25, -0.2) is 9.59 Å². The number of imide groups is 1. The first-order chi connectivity index (χ1) is 12.0. The number of hydrogen-bond donors (Lipinski definition) is 2. The van der Waals surface area contributed by atoms with Crippen LogP contribution >= 0.6 is 22.7 Å². The summed E-state index contributed by atoms with van der Waals surface area (Å²) >= 11 is 2.90. The van der Waals surface area contributed by atoms with Crippen LogP contribution in [0.2, 0.25) is 0 Å². The maximum absolute atomic E-state index is 12.5. The molecule has 3 amide bonds. The molecule has 2 rings (SSSR count). The van der Waals surface area contributed by atoms with Crippen LogP contribution in [0.4, 0.5) is 4.79 Å². The van der Waals surface area contributed by atoms with Gasteiger partial charge in [-0.05, 0) is 42.8 Å². The van der Waals surface area contributed by atoms with Gasteiger partial charge < -0.3 is 10.1 Å². The Hall–Kier alpha value is -2.45. The van der Waals surface area contributed by atoms with E-state index in [4.69, 9.17) is 4.74 Å². The molecule has 0 saturated carbocycles. The van der Waals surface area contributed by atoms with E-state index in [9.17, 15) is 14.4 Å². The lowest BCUT2D eigenvalue weighted by atomic mass is 10.2. The largest absolute Gasteiger partial charge is 0.449 e. The molecule has 0 aliphatic carbocycles. The molecule has 0 aromatic carbocycles. The van der Waals surface area contributed by atoms with Crippen molar-refractivity contribution in [1.82, 2.24) is 10.6 Å². The average Bonchev–Trinajstić information content (AvgIpc) is 3.26. The van der Waals surface area contributed by atoms with E-state index in [-0.39, 0.29) is 0 Å². The van der Waals surface area contributed by atoms with Crippen molar-refractivity contribution in [2.24, 2.45) is 0 Å². The number of nitrogens with one attached hydrogen (secondary N) is 2. The second-order valence-corrected chi connectivity index (χ2v) is 6.87. The van der Waals surface area contributed by atoms with E-state index in [1.807, 2.05) is 35.0 Å². The minimum absolute atomic E-state index is 0.370. The number of rotatable bonds is 6. The van der Waals surface area contributed by atoms with Crippen LogP contribution in [0.5, 0.6) is 0 Å². The van der Waals surface area contributed by atoms with Gasteiger partial charge in [0.2, 0.25) is 0 Å². The van der Waals surface area contributed by atoms with E-state index >= 15 is 0 Å². The molecule has 0 aliphatic heterocycles. The van der Waals surface area contributed by atoms with Crippen LogP contribution in [0.15, 0.2) is 35.0 Å². The van der Waals surface area contributed by atoms with Gasteiger partial charge in [0.1, 0.15) is 0 Å². The van der Waals surface area contributed by atoms with Crippen LogP contribution in [0.1, 0.15) is 23.6 Å². The van der Waals surface area contributed by atoms with E-state index in [1.165, 1.54) is 29.6 Å². The van der Waals surface area contributed by atoms with E-state index in [1.54, 1.807) is 13.0 Å². The predicted molar refractivity (Wildman–Crippen MR) is 99.3 cm³/mol. The lowest BCUT2D eigenvalue weighted by Crippen LogP contribution is -2.44. The molecule has 1 unspecified atom stereocenters. The zero-order valence-electron chi connectivity index (χ0n) is 13.8. The molecule has 25 heavy (non-hydrogen) atoms. The highest BCUT2D eigenvalue weighted by molar-refractivity contribution is 7.12. The number of carbonyl (C=O) groups is 3. The van der Waals surface area contributed by atoms with Crippen molar-refractivity contribution in [1.29, 1.82) is 0 Å². The van der Waals surface area contributed by atoms with E-state index in [2.05, 4.69) is 10.6 Å².